The summed E-state index contributed by atoms with van der Waals surface area (Å²) in [5.41, 5.74) is -1.91. The normalized spacial score (nSPS) is 11.2. The van der Waals surface area contributed by atoms with E-state index >= 15 is 0 Å². The van der Waals surface area contributed by atoms with Crippen LogP contribution in [0.2, 0.25) is 0 Å². The van der Waals surface area contributed by atoms with Crippen LogP contribution in [0.3, 0.4) is 0 Å². The minimum Gasteiger partial charge on any atom is -0.481 e. The van der Waals surface area contributed by atoms with E-state index in [2.05, 4.69) is 10.4 Å². The quantitative estimate of drug-likeness (QED) is 0.926. The summed E-state index contributed by atoms with van der Waals surface area (Å²) >= 11 is 0. The number of nitrogens with one attached hydrogen (secondary N) is 1. The summed E-state index contributed by atoms with van der Waals surface area (Å²) in [7, 11) is 2.57. The SMILES string of the molecule is CNC(=O)c1nn(-c2cccc(C(F)(F)F)c2)c(OC)c(C)c1=O. The summed E-state index contributed by atoms with van der Waals surface area (Å²) in [5.74, 6) is -0.793. The number of methoxy groups -OCH3 is 1. The van der Waals surface area contributed by atoms with Gasteiger partial charge in [-0.3, -0.25) is 9.59 Å². The van der Waals surface area contributed by atoms with E-state index in [1.165, 1.54) is 33.2 Å². The average Bonchev–Trinajstić information content (AvgIpc) is 2.55. The molecule has 0 saturated heterocycles. The third-order valence-corrected chi connectivity index (χ3v) is 3.32. The highest BCUT2D eigenvalue weighted by atomic mass is 19.4. The predicted octanol–water partition coefficient (Wildman–Crippen LogP) is 1.93. The first-order valence-electron chi connectivity index (χ1n) is 6.78. The molecule has 0 bridgehead atoms. The number of hydrogen-bond donors (Lipinski definition) is 1. The summed E-state index contributed by atoms with van der Waals surface area (Å²) in [5, 5.41) is 6.13. The molecule has 0 saturated carbocycles. The van der Waals surface area contributed by atoms with Crippen molar-refractivity contribution in [2.75, 3.05) is 14.2 Å². The van der Waals surface area contributed by atoms with Crippen LogP contribution in [0, 0.1) is 6.92 Å². The lowest BCUT2D eigenvalue weighted by Crippen LogP contribution is -2.31. The Morgan fingerprint density at radius 2 is 2.00 bits per heavy atom. The fraction of sp³-hybridized carbons (Fsp3) is 0.267. The first-order chi connectivity index (χ1) is 11.2. The molecular weight excluding hydrogens is 327 g/mol. The van der Waals surface area contributed by atoms with E-state index in [-0.39, 0.29) is 17.1 Å². The molecule has 0 unspecified atom stereocenters. The Morgan fingerprint density at radius 3 is 2.54 bits per heavy atom. The number of ether oxygens (including phenoxy) is 1. The predicted molar refractivity (Wildman–Crippen MR) is 79.5 cm³/mol. The van der Waals surface area contributed by atoms with Gasteiger partial charge in [0, 0.05) is 7.05 Å². The molecular formula is C15H14F3N3O3. The molecule has 1 amide bonds. The third kappa shape index (κ3) is 3.10. The minimum absolute atomic E-state index is 0.00919. The topological polar surface area (TPSA) is 73.2 Å². The van der Waals surface area contributed by atoms with Crippen molar-refractivity contribution in [2.45, 2.75) is 13.1 Å². The Balaban J connectivity index is 2.76. The van der Waals surface area contributed by atoms with Crippen LogP contribution in [0.4, 0.5) is 13.2 Å². The van der Waals surface area contributed by atoms with Crippen molar-refractivity contribution in [3.63, 3.8) is 0 Å². The number of carbonyl (C=O) groups excluding carboxylic acids is 1. The van der Waals surface area contributed by atoms with Crippen molar-refractivity contribution in [2.24, 2.45) is 0 Å². The molecule has 1 heterocycles. The molecule has 0 fully saturated rings. The summed E-state index contributed by atoms with van der Waals surface area (Å²) < 4.78 is 44.8. The van der Waals surface area contributed by atoms with Gasteiger partial charge in [-0.25, -0.2) is 0 Å². The zero-order valence-corrected chi connectivity index (χ0v) is 13.1. The molecule has 2 aromatic rings. The zero-order valence-electron chi connectivity index (χ0n) is 13.1. The Hall–Kier alpha value is -2.84. The Morgan fingerprint density at radius 1 is 1.33 bits per heavy atom. The molecule has 128 valence electrons. The van der Waals surface area contributed by atoms with Crippen molar-refractivity contribution >= 4 is 5.91 Å². The fourth-order valence-corrected chi connectivity index (χ4v) is 2.12. The molecule has 0 aliphatic carbocycles. The van der Waals surface area contributed by atoms with Crippen molar-refractivity contribution in [3.8, 4) is 11.6 Å². The summed E-state index contributed by atoms with van der Waals surface area (Å²) in [6.07, 6.45) is -4.54. The van der Waals surface area contributed by atoms with Crippen LogP contribution in [-0.2, 0) is 6.18 Å². The maximum absolute atomic E-state index is 12.9. The van der Waals surface area contributed by atoms with Gasteiger partial charge in [0.05, 0.1) is 23.9 Å². The maximum atomic E-state index is 12.9. The third-order valence-electron chi connectivity index (χ3n) is 3.32. The van der Waals surface area contributed by atoms with Crippen LogP contribution in [0.5, 0.6) is 5.88 Å². The number of nitrogens with zero attached hydrogens (tertiary/aromatic N) is 2. The smallest absolute Gasteiger partial charge is 0.416 e. The van der Waals surface area contributed by atoms with Crippen molar-refractivity contribution < 1.29 is 22.7 Å². The van der Waals surface area contributed by atoms with Crippen LogP contribution in [0.25, 0.3) is 5.69 Å². The van der Waals surface area contributed by atoms with Gasteiger partial charge >= 0.3 is 6.18 Å². The first kappa shape index (κ1) is 17.5. The van der Waals surface area contributed by atoms with Gasteiger partial charge in [-0.2, -0.15) is 23.0 Å². The van der Waals surface area contributed by atoms with Crippen molar-refractivity contribution in [1.29, 1.82) is 0 Å². The monoisotopic (exact) mass is 341 g/mol. The van der Waals surface area contributed by atoms with Gasteiger partial charge in [-0.1, -0.05) is 6.07 Å². The van der Waals surface area contributed by atoms with E-state index in [4.69, 9.17) is 4.74 Å². The second-order valence-corrected chi connectivity index (χ2v) is 4.85. The van der Waals surface area contributed by atoms with E-state index in [1.54, 1.807) is 0 Å². The van der Waals surface area contributed by atoms with Crippen LogP contribution >= 0.6 is 0 Å². The number of halogens is 3. The zero-order chi connectivity index (χ0) is 18.1. The molecule has 0 aliphatic heterocycles. The van der Waals surface area contributed by atoms with E-state index in [0.717, 1.165) is 16.8 Å². The number of aromatic nitrogens is 2. The molecule has 0 spiro atoms. The number of benzene rings is 1. The van der Waals surface area contributed by atoms with Crippen LogP contribution in [-0.4, -0.2) is 29.8 Å². The van der Waals surface area contributed by atoms with Crippen LogP contribution < -0.4 is 15.5 Å². The lowest BCUT2D eigenvalue weighted by Gasteiger charge is -2.16. The molecule has 2 rings (SSSR count). The van der Waals surface area contributed by atoms with Gasteiger partial charge in [0.1, 0.15) is 0 Å². The first-order valence-corrected chi connectivity index (χ1v) is 6.78. The number of amides is 1. The summed E-state index contributed by atoms with van der Waals surface area (Å²) in [4.78, 5) is 23.9. The second kappa shape index (κ2) is 6.34. The molecule has 6 nitrogen and oxygen atoms in total. The van der Waals surface area contributed by atoms with E-state index in [1.807, 2.05) is 0 Å². The van der Waals surface area contributed by atoms with Gasteiger partial charge in [-0.15, -0.1) is 0 Å². The largest absolute Gasteiger partial charge is 0.481 e. The second-order valence-electron chi connectivity index (χ2n) is 4.85. The van der Waals surface area contributed by atoms with Gasteiger partial charge in [-0.05, 0) is 25.1 Å². The standard InChI is InChI=1S/C15H14F3N3O3/c1-8-12(22)11(13(23)19-2)20-21(14(8)24-3)10-6-4-5-9(7-10)15(16,17)18/h4-7H,1-3H3,(H,19,23). The highest BCUT2D eigenvalue weighted by Crippen LogP contribution is 2.31. The number of rotatable bonds is 3. The molecule has 1 N–H and O–H groups in total. The number of alkyl halides is 3. The van der Waals surface area contributed by atoms with Crippen molar-refractivity contribution in [1.82, 2.24) is 15.1 Å². The maximum Gasteiger partial charge on any atom is 0.416 e. The Kier molecular flexibility index (Phi) is 4.63. The van der Waals surface area contributed by atoms with E-state index < -0.39 is 28.8 Å². The Bertz CT molecular complexity index is 844. The van der Waals surface area contributed by atoms with Gasteiger partial charge in [0.15, 0.2) is 5.69 Å². The number of hydrogen-bond acceptors (Lipinski definition) is 4. The Labute approximate surface area is 134 Å². The fourth-order valence-electron chi connectivity index (χ4n) is 2.12. The van der Waals surface area contributed by atoms with Crippen LogP contribution in [0.15, 0.2) is 29.1 Å². The lowest BCUT2D eigenvalue weighted by molar-refractivity contribution is -0.137. The van der Waals surface area contributed by atoms with Gasteiger partial charge < -0.3 is 10.1 Å². The summed E-state index contributed by atoms with van der Waals surface area (Å²) in [6.45, 7) is 1.40. The average molecular weight is 341 g/mol. The number of carbonyl (C=O) groups is 1. The van der Waals surface area contributed by atoms with Crippen LogP contribution in [0.1, 0.15) is 21.6 Å². The molecule has 0 aliphatic rings. The highest BCUT2D eigenvalue weighted by molar-refractivity contribution is 5.92. The molecule has 1 aromatic carbocycles. The molecule has 0 atom stereocenters. The van der Waals surface area contributed by atoms with E-state index in [9.17, 15) is 22.8 Å². The molecule has 9 heteroatoms. The molecule has 0 radical (unpaired) electrons. The molecule has 1 aromatic heterocycles. The van der Waals surface area contributed by atoms with Crippen molar-refractivity contribution in [3.05, 3.63) is 51.3 Å². The lowest BCUT2D eigenvalue weighted by atomic mass is 10.2. The van der Waals surface area contributed by atoms with Gasteiger partial charge in [0.25, 0.3) is 5.91 Å². The minimum atomic E-state index is -4.54. The van der Waals surface area contributed by atoms with E-state index in [0.29, 0.717) is 0 Å². The highest BCUT2D eigenvalue weighted by Gasteiger charge is 2.31. The van der Waals surface area contributed by atoms with Gasteiger partial charge in [0.2, 0.25) is 11.3 Å². The summed E-state index contributed by atoms with van der Waals surface area (Å²) in [6, 6.07) is 4.33. The molecule has 24 heavy (non-hydrogen) atoms.